The van der Waals surface area contributed by atoms with E-state index in [4.69, 9.17) is 22.4 Å². The number of anilines is 1. The number of hydrogen-bond donors (Lipinski definition) is 2. The molecule has 1 aliphatic rings. The van der Waals surface area contributed by atoms with Crippen LogP contribution in [-0.4, -0.2) is 30.1 Å². The van der Waals surface area contributed by atoms with Crippen LogP contribution in [0.1, 0.15) is 36.0 Å². The van der Waals surface area contributed by atoms with Crippen LogP contribution in [0.3, 0.4) is 0 Å². The number of benzene rings is 1. The Hall–Kier alpha value is -1.75. The minimum atomic E-state index is -0.754. The summed E-state index contributed by atoms with van der Waals surface area (Å²) >= 11 is 6.24. The van der Waals surface area contributed by atoms with Crippen molar-refractivity contribution in [2.24, 2.45) is 11.7 Å². The van der Waals surface area contributed by atoms with Gasteiger partial charge < -0.3 is 15.7 Å². The van der Waals surface area contributed by atoms with Crippen molar-refractivity contribution in [1.29, 1.82) is 0 Å². The van der Waals surface area contributed by atoms with Gasteiger partial charge in [0.2, 0.25) is 5.91 Å². The summed E-state index contributed by atoms with van der Waals surface area (Å²) in [4.78, 5) is 24.0. The molecular formula is C15H19ClN2O3. The van der Waals surface area contributed by atoms with Crippen LogP contribution >= 0.6 is 11.6 Å². The van der Waals surface area contributed by atoms with E-state index < -0.39 is 11.9 Å². The van der Waals surface area contributed by atoms with Crippen molar-refractivity contribution < 1.29 is 14.7 Å². The highest BCUT2D eigenvalue weighted by molar-refractivity contribution is 6.33. The summed E-state index contributed by atoms with van der Waals surface area (Å²) in [6.45, 7) is 1.68. The number of aliphatic carboxylic acids is 1. The highest BCUT2D eigenvalue weighted by Gasteiger charge is 2.22. The van der Waals surface area contributed by atoms with E-state index in [1.54, 1.807) is 12.1 Å². The highest BCUT2D eigenvalue weighted by Crippen LogP contribution is 2.31. The monoisotopic (exact) mass is 310 g/mol. The molecule has 1 aliphatic heterocycles. The molecule has 0 radical (unpaired) electrons. The van der Waals surface area contributed by atoms with E-state index in [0.29, 0.717) is 22.9 Å². The quantitative estimate of drug-likeness (QED) is 0.875. The third kappa shape index (κ3) is 4.11. The van der Waals surface area contributed by atoms with Gasteiger partial charge in [-0.15, -0.1) is 0 Å². The fraction of sp³-hybridized carbons (Fsp3) is 0.467. The number of piperidine rings is 1. The Labute approximate surface area is 128 Å². The number of rotatable bonds is 5. The number of hydrogen-bond acceptors (Lipinski definition) is 3. The summed E-state index contributed by atoms with van der Waals surface area (Å²) in [7, 11) is 0. The fourth-order valence-corrected chi connectivity index (χ4v) is 3.06. The molecule has 1 fully saturated rings. The molecule has 1 heterocycles. The number of carbonyl (C=O) groups is 2. The Morgan fingerprint density at radius 2 is 2.19 bits per heavy atom. The maximum absolute atomic E-state index is 11.1. The first-order valence-corrected chi connectivity index (χ1v) is 7.41. The van der Waals surface area contributed by atoms with Gasteiger partial charge in [-0.2, -0.15) is 0 Å². The van der Waals surface area contributed by atoms with E-state index in [9.17, 15) is 9.59 Å². The van der Waals surface area contributed by atoms with E-state index in [1.165, 1.54) is 0 Å². The van der Waals surface area contributed by atoms with Gasteiger partial charge in [0.1, 0.15) is 0 Å². The number of carboxylic acid groups (broad SMARTS) is 1. The third-order valence-electron chi connectivity index (χ3n) is 3.86. The standard InChI is InChI=1S/C15H19ClN2O3/c16-12-8-11(15(17)21)4-5-13(12)18-7-1-2-10(9-18)3-6-14(19)20/h4-5,8,10H,1-3,6-7,9H2,(H2,17,21)(H,19,20). The summed E-state index contributed by atoms with van der Waals surface area (Å²) in [5.41, 5.74) is 6.50. The minimum absolute atomic E-state index is 0.201. The molecular weight excluding hydrogens is 292 g/mol. The molecule has 2 rings (SSSR count). The number of carboxylic acids is 1. The van der Waals surface area contributed by atoms with Gasteiger partial charge in [0.15, 0.2) is 0 Å². The fourth-order valence-electron chi connectivity index (χ4n) is 2.76. The largest absolute Gasteiger partial charge is 0.481 e. The maximum Gasteiger partial charge on any atom is 0.303 e. The van der Waals surface area contributed by atoms with Gasteiger partial charge >= 0.3 is 5.97 Å². The maximum atomic E-state index is 11.1. The molecule has 1 saturated heterocycles. The number of primary amides is 1. The zero-order valence-corrected chi connectivity index (χ0v) is 12.5. The predicted molar refractivity (Wildman–Crippen MR) is 81.8 cm³/mol. The SMILES string of the molecule is NC(=O)c1ccc(N2CCCC(CCC(=O)O)C2)c(Cl)c1. The van der Waals surface area contributed by atoms with Crippen molar-refractivity contribution >= 4 is 29.2 Å². The molecule has 1 atom stereocenters. The first-order valence-electron chi connectivity index (χ1n) is 7.03. The number of amides is 1. The molecule has 5 nitrogen and oxygen atoms in total. The molecule has 6 heteroatoms. The van der Waals surface area contributed by atoms with E-state index in [-0.39, 0.29) is 6.42 Å². The molecule has 0 aromatic heterocycles. The van der Waals surface area contributed by atoms with Gasteiger partial charge in [0.05, 0.1) is 10.7 Å². The average Bonchev–Trinajstić information content (AvgIpc) is 2.45. The van der Waals surface area contributed by atoms with E-state index >= 15 is 0 Å². The van der Waals surface area contributed by atoms with Crippen molar-refractivity contribution in [3.63, 3.8) is 0 Å². The molecule has 1 aromatic carbocycles. The topological polar surface area (TPSA) is 83.6 Å². The third-order valence-corrected chi connectivity index (χ3v) is 4.16. The normalized spacial score (nSPS) is 18.5. The van der Waals surface area contributed by atoms with Gasteiger partial charge in [0, 0.05) is 25.1 Å². The highest BCUT2D eigenvalue weighted by atomic mass is 35.5. The van der Waals surface area contributed by atoms with Crippen molar-refractivity contribution in [3.8, 4) is 0 Å². The molecule has 1 unspecified atom stereocenters. The Kier molecular flexibility index (Phi) is 5.07. The predicted octanol–water partition coefficient (Wildman–Crippen LogP) is 2.52. The van der Waals surface area contributed by atoms with Crippen molar-refractivity contribution in [3.05, 3.63) is 28.8 Å². The van der Waals surface area contributed by atoms with Crippen molar-refractivity contribution in [2.45, 2.75) is 25.7 Å². The number of nitrogens with zero attached hydrogens (tertiary/aromatic N) is 1. The van der Waals surface area contributed by atoms with Crippen molar-refractivity contribution in [2.75, 3.05) is 18.0 Å². The lowest BCUT2D eigenvalue weighted by Crippen LogP contribution is -2.35. The zero-order valence-electron chi connectivity index (χ0n) is 11.7. The summed E-state index contributed by atoms with van der Waals surface area (Å²) in [6, 6.07) is 5.06. The van der Waals surface area contributed by atoms with Crippen LogP contribution in [0, 0.1) is 5.92 Å². The van der Waals surface area contributed by atoms with Crippen LogP contribution in [0.5, 0.6) is 0 Å². The first-order chi connectivity index (χ1) is 9.97. The lowest BCUT2D eigenvalue weighted by molar-refractivity contribution is -0.137. The lowest BCUT2D eigenvalue weighted by atomic mass is 9.93. The Bertz CT molecular complexity index is 548. The van der Waals surface area contributed by atoms with Crippen molar-refractivity contribution in [1.82, 2.24) is 0 Å². The molecule has 1 aromatic rings. The van der Waals surface area contributed by atoms with Crippen LogP contribution < -0.4 is 10.6 Å². The first kappa shape index (κ1) is 15.6. The minimum Gasteiger partial charge on any atom is -0.481 e. The zero-order chi connectivity index (χ0) is 15.4. The Morgan fingerprint density at radius 3 is 2.81 bits per heavy atom. The van der Waals surface area contributed by atoms with E-state index in [1.807, 2.05) is 6.07 Å². The summed E-state index contributed by atoms with van der Waals surface area (Å²) in [6.07, 6.45) is 2.94. The van der Waals surface area contributed by atoms with Gasteiger partial charge in [-0.3, -0.25) is 9.59 Å². The molecule has 0 spiro atoms. The van der Waals surface area contributed by atoms with Crippen LogP contribution in [0.2, 0.25) is 5.02 Å². The van der Waals surface area contributed by atoms with Gasteiger partial charge in [-0.05, 0) is 43.4 Å². The van der Waals surface area contributed by atoms with Crippen LogP contribution in [0.4, 0.5) is 5.69 Å². The Morgan fingerprint density at radius 1 is 1.43 bits per heavy atom. The van der Waals surface area contributed by atoms with Crippen LogP contribution in [0.15, 0.2) is 18.2 Å². The van der Waals surface area contributed by atoms with Gasteiger partial charge in [-0.25, -0.2) is 0 Å². The number of carbonyl (C=O) groups excluding carboxylic acids is 1. The van der Waals surface area contributed by atoms with E-state index in [2.05, 4.69) is 4.90 Å². The number of halogens is 1. The molecule has 114 valence electrons. The molecule has 1 amide bonds. The molecule has 0 saturated carbocycles. The second kappa shape index (κ2) is 6.80. The molecule has 21 heavy (non-hydrogen) atoms. The summed E-state index contributed by atoms with van der Waals surface area (Å²) in [5, 5.41) is 9.28. The summed E-state index contributed by atoms with van der Waals surface area (Å²) in [5.74, 6) is -0.890. The molecule has 3 N–H and O–H groups in total. The van der Waals surface area contributed by atoms with E-state index in [0.717, 1.165) is 31.6 Å². The molecule has 0 aliphatic carbocycles. The lowest BCUT2D eigenvalue weighted by Gasteiger charge is -2.35. The summed E-state index contributed by atoms with van der Waals surface area (Å²) < 4.78 is 0. The van der Waals surface area contributed by atoms with Crippen LogP contribution in [-0.2, 0) is 4.79 Å². The Balaban J connectivity index is 2.07. The average molecular weight is 311 g/mol. The number of nitrogens with two attached hydrogens (primary N) is 1. The van der Waals surface area contributed by atoms with Gasteiger partial charge in [0.25, 0.3) is 0 Å². The second-order valence-electron chi connectivity index (χ2n) is 5.42. The molecule has 0 bridgehead atoms. The smallest absolute Gasteiger partial charge is 0.303 e. The second-order valence-corrected chi connectivity index (χ2v) is 5.82. The van der Waals surface area contributed by atoms with Crippen LogP contribution in [0.25, 0.3) is 0 Å². The van der Waals surface area contributed by atoms with Gasteiger partial charge in [-0.1, -0.05) is 11.6 Å².